The van der Waals surface area contributed by atoms with Crippen molar-refractivity contribution >= 4 is 5.91 Å². The number of ether oxygens (including phenoxy) is 1. The molecule has 2 aromatic rings. The highest BCUT2D eigenvalue weighted by atomic mass is 16.5. The zero-order valence-electron chi connectivity index (χ0n) is 14.9. The standard InChI is InChI=1S/C18H23N5O3/c1-12-9-20-15(10-19-12)18-22-21-17(26-18)13-5-6-23(11-13)16(24)8-14-4-2-3-7-25-14/h9-10,13-14H,2-8,11H2,1H3/t13-,14+/m1/s1. The summed E-state index contributed by atoms with van der Waals surface area (Å²) in [5, 5.41) is 8.24. The van der Waals surface area contributed by atoms with Crippen molar-refractivity contribution < 1.29 is 13.9 Å². The molecule has 2 aliphatic heterocycles. The van der Waals surface area contributed by atoms with Crippen molar-refractivity contribution in [3.8, 4) is 11.6 Å². The lowest BCUT2D eigenvalue weighted by Gasteiger charge is -2.24. The smallest absolute Gasteiger partial charge is 0.267 e. The molecule has 0 unspecified atom stereocenters. The molecule has 0 N–H and O–H groups in total. The van der Waals surface area contributed by atoms with E-state index in [-0.39, 0.29) is 17.9 Å². The quantitative estimate of drug-likeness (QED) is 0.827. The van der Waals surface area contributed by atoms with Crippen LogP contribution in [0.2, 0.25) is 0 Å². The van der Waals surface area contributed by atoms with Crippen LogP contribution in [-0.2, 0) is 9.53 Å². The predicted molar refractivity (Wildman–Crippen MR) is 92.2 cm³/mol. The van der Waals surface area contributed by atoms with Gasteiger partial charge in [0, 0.05) is 25.9 Å². The van der Waals surface area contributed by atoms with E-state index in [2.05, 4.69) is 20.2 Å². The maximum atomic E-state index is 12.5. The Labute approximate surface area is 152 Å². The maximum Gasteiger partial charge on any atom is 0.267 e. The molecule has 2 aromatic heterocycles. The van der Waals surface area contributed by atoms with Crippen LogP contribution in [0.25, 0.3) is 11.6 Å². The summed E-state index contributed by atoms with van der Waals surface area (Å²) >= 11 is 0. The molecule has 0 radical (unpaired) electrons. The fraction of sp³-hybridized carbons (Fsp3) is 0.611. The van der Waals surface area contributed by atoms with E-state index < -0.39 is 0 Å². The summed E-state index contributed by atoms with van der Waals surface area (Å²) in [6, 6.07) is 0. The minimum Gasteiger partial charge on any atom is -0.419 e. The van der Waals surface area contributed by atoms with Gasteiger partial charge < -0.3 is 14.1 Å². The Balaban J connectivity index is 1.36. The van der Waals surface area contributed by atoms with Crippen LogP contribution in [0.15, 0.2) is 16.8 Å². The monoisotopic (exact) mass is 357 g/mol. The molecule has 4 heterocycles. The van der Waals surface area contributed by atoms with Crippen molar-refractivity contribution in [3.63, 3.8) is 0 Å². The molecule has 8 heteroatoms. The van der Waals surface area contributed by atoms with Gasteiger partial charge in [0.25, 0.3) is 5.89 Å². The third kappa shape index (κ3) is 3.75. The topological polar surface area (TPSA) is 94.2 Å². The first-order valence-corrected chi connectivity index (χ1v) is 9.21. The van der Waals surface area contributed by atoms with Gasteiger partial charge in [-0.25, -0.2) is 4.98 Å². The molecule has 2 fully saturated rings. The number of carbonyl (C=O) groups excluding carboxylic acids is 1. The van der Waals surface area contributed by atoms with Gasteiger partial charge in [0.05, 0.1) is 30.3 Å². The van der Waals surface area contributed by atoms with Gasteiger partial charge >= 0.3 is 0 Å². The first kappa shape index (κ1) is 17.1. The Hall–Kier alpha value is -2.35. The molecule has 0 aromatic carbocycles. The van der Waals surface area contributed by atoms with E-state index in [1.807, 2.05) is 11.8 Å². The van der Waals surface area contributed by atoms with Gasteiger partial charge in [0.15, 0.2) is 0 Å². The third-order valence-corrected chi connectivity index (χ3v) is 5.01. The molecule has 8 nitrogen and oxygen atoms in total. The number of carbonyl (C=O) groups is 1. The second kappa shape index (κ2) is 7.49. The van der Waals surface area contributed by atoms with Crippen LogP contribution in [0.4, 0.5) is 0 Å². The zero-order valence-corrected chi connectivity index (χ0v) is 14.9. The Bertz CT molecular complexity index is 754. The van der Waals surface area contributed by atoms with Crippen LogP contribution in [-0.4, -0.2) is 56.8 Å². The Morgan fingerprint density at radius 3 is 2.92 bits per heavy atom. The summed E-state index contributed by atoms with van der Waals surface area (Å²) in [5.41, 5.74) is 1.40. The second-order valence-electron chi connectivity index (χ2n) is 7.01. The summed E-state index contributed by atoms with van der Waals surface area (Å²) in [6.07, 6.45) is 7.90. The number of aromatic nitrogens is 4. The Kier molecular flexibility index (Phi) is 4.92. The summed E-state index contributed by atoms with van der Waals surface area (Å²) < 4.78 is 11.5. The van der Waals surface area contributed by atoms with Gasteiger partial charge in [-0.05, 0) is 32.6 Å². The lowest BCUT2D eigenvalue weighted by Crippen LogP contribution is -2.33. The predicted octanol–water partition coefficient (Wildman–Crippen LogP) is 2.11. The molecule has 138 valence electrons. The van der Waals surface area contributed by atoms with Crippen LogP contribution in [0.5, 0.6) is 0 Å². The van der Waals surface area contributed by atoms with Crippen molar-refractivity contribution in [2.24, 2.45) is 0 Å². The average molecular weight is 357 g/mol. The van der Waals surface area contributed by atoms with E-state index in [1.54, 1.807) is 12.4 Å². The van der Waals surface area contributed by atoms with E-state index in [9.17, 15) is 4.79 Å². The van der Waals surface area contributed by atoms with Crippen LogP contribution >= 0.6 is 0 Å². The molecule has 26 heavy (non-hydrogen) atoms. The lowest BCUT2D eigenvalue weighted by molar-refractivity contribution is -0.134. The van der Waals surface area contributed by atoms with Crippen molar-refractivity contribution in [2.45, 2.75) is 51.0 Å². The van der Waals surface area contributed by atoms with Crippen molar-refractivity contribution in [1.82, 2.24) is 25.1 Å². The third-order valence-electron chi connectivity index (χ3n) is 5.01. The van der Waals surface area contributed by atoms with Crippen molar-refractivity contribution in [1.29, 1.82) is 0 Å². The van der Waals surface area contributed by atoms with E-state index in [4.69, 9.17) is 9.15 Å². The molecule has 2 atom stereocenters. The van der Waals surface area contributed by atoms with Crippen LogP contribution < -0.4 is 0 Å². The van der Waals surface area contributed by atoms with E-state index in [1.165, 1.54) is 0 Å². The zero-order chi connectivity index (χ0) is 17.9. The van der Waals surface area contributed by atoms with Gasteiger partial charge in [-0.2, -0.15) is 0 Å². The van der Waals surface area contributed by atoms with E-state index >= 15 is 0 Å². The SMILES string of the molecule is Cc1cnc(-c2nnc([C@@H]3CCN(C(=O)C[C@@H]4CCCCO4)C3)o2)cn1. The Morgan fingerprint density at radius 1 is 1.23 bits per heavy atom. The average Bonchev–Trinajstić information content (AvgIpc) is 3.33. The van der Waals surface area contributed by atoms with Gasteiger partial charge in [0.2, 0.25) is 11.8 Å². The number of hydrogen-bond acceptors (Lipinski definition) is 7. The van der Waals surface area contributed by atoms with Gasteiger partial charge in [0.1, 0.15) is 5.69 Å². The largest absolute Gasteiger partial charge is 0.419 e. The summed E-state index contributed by atoms with van der Waals surface area (Å²) in [6.45, 7) is 3.98. The summed E-state index contributed by atoms with van der Waals surface area (Å²) in [4.78, 5) is 22.9. The van der Waals surface area contributed by atoms with Gasteiger partial charge in [-0.15, -0.1) is 10.2 Å². The first-order valence-electron chi connectivity index (χ1n) is 9.21. The molecular formula is C18H23N5O3. The second-order valence-corrected chi connectivity index (χ2v) is 7.01. The molecule has 0 spiro atoms. The maximum absolute atomic E-state index is 12.5. The van der Waals surface area contributed by atoms with Crippen molar-refractivity contribution in [3.05, 3.63) is 24.0 Å². The molecule has 1 amide bonds. The van der Waals surface area contributed by atoms with Gasteiger partial charge in [-0.1, -0.05) is 0 Å². The molecular weight excluding hydrogens is 334 g/mol. The molecule has 0 aliphatic carbocycles. The lowest BCUT2D eigenvalue weighted by atomic mass is 10.1. The number of hydrogen-bond donors (Lipinski definition) is 0. The molecule has 2 aliphatic rings. The minimum absolute atomic E-state index is 0.0745. The summed E-state index contributed by atoms with van der Waals surface area (Å²) in [7, 11) is 0. The minimum atomic E-state index is 0.0745. The number of nitrogens with zero attached hydrogens (tertiary/aromatic N) is 5. The first-order chi connectivity index (χ1) is 12.7. The van der Waals surface area contributed by atoms with Crippen molar-refractivity contribution in [2.75, 3.05) is 19.7 Å². The van der Waals surface area contributed by atoms with E-state index in [0.717, 1.165) is 44.5 Å². The number of likely N-dealkylation sites (tertiary alicyclic amines) is 1. The number of amides is 1. The number of aryl methyl sites for hydroxylation is 1. The fourth-order valence-electron chi connectivity index (χ4n) is 3.49. The Morgan fingerprint density at radius 2 is 2.15 bits per heavy atom. The van der Waals surface area contributed by atoms with Crippen LogP contribution in [0, 0.1) is 6.92 Å². The molecule has 4 rings (SSSR count). The fourth-order valence-corrected chi connectivity index (χ4v) is 3.49. The highest BCUT2D eigenvalue weighted by Gasteiger charge is 2.32. The van der Waals surface area contributed by atoms with E-state index in [0.29, 0.717) is 30.4 Å². The van der Waals surface area contributed by atoms with Crippen LogP contribution in [0.3, 0.4) is 0 Å². The molecule has 0 bridgehead atoms. The van der Waals surface area contributed by atoms with Crippen LogP contribution in [0.1, 0.15) is 49.6 Å². The molecule has 0 saturated carbocycles. The highest BCUT2D eigenvalue weighted by molar-refractivity contribution is 5.77. The molecule has 2 saturated heterocycles. The highest BCUT2D eigenvalue weighted by Crippen LogP contribution is 2.29. The summed E-state index contributed by atoms with van der Waals surface area (Å²) in [5.74, 6) is 1.16. The van der Waals surface area contributed by atoms with Gasteiger partial charge in [-0.3, -0.25) is 9.78 Å². The number of rotatable bonds is 4. The normalized spacial score (nSPS) is 23.3.